The fraction of sp³-hybridized carbons (Fsp3) is 0.588. The first-order valence-corrected chi connectivity index (χ1v) is 8.61. The minimum Gasteiger partial charge on any atom is -0.324 e. The van der Waals surface area contributed by atoms with E-state index in [-0.39, 0.29) is 11.6 Å². The molecule has 1 unspecified atom stereocenters. The standard InChI is InChI=1S/C17H22ClFN2O/c18-13-7-8-14(19)15(10-13)20-17(22)11-21-9-3-5-12-4-1-2-6-16(12)21/h7-8,10,12,16H,1-6,9,11H2,(H,20,22)/p+1/t12-,16-/m0/s1. The summed E-state index contributed by atoms with van der Waals surface area (Å²) in [7, 11) is 0. The lowest BCUT2D eigenvalue weighted by Crippen LogP contribution is -3.18. The fourth-order valence-corrected chi connectivity index (χ4v) is 4.25. The molecule has 2 fully saturated rings. The van der Waals surface area contributed by atoms with Gasteiger partial charge in [0, 0.05) is 10.9 Å². The molecule has 1 heterocycles. The molecule has 3 atom stereocenters. The number of carbonyl (C=O) groups excluding carboxylic acids is 1. The highest BCUT2D eigenvalue weighted by Crippen LogP contribution is 2.28. The molecule has 1 aliphatic carbocycles. The molecule has 1 saturated carbocycles. The van der Waals surface area contributed by atoms with Gasteiger partial charge in [-0.15, -0.1) is 0 Å². The quantitative estimate of drug-likeness (QED) is 0.880. The Hall–Kier alpha value is -1.13. The molecule has 0 spiro atoms. The zero-order chi connectivity index (χ0) is 15.5. The summed E-state index contributed by atoms with van der Waals surface area (Å²) in [6, 6.07) is 4.83. The Morgan fingerprint density at radius 1 is 1.27 bits per heavy atom. The van der Waals surface area contributed by atoms with Crippen molar-refractivity contribution in [2.45, 2.75) is 44.6 Å². The van der Waals surface area contributed by atoms with Crippen molar-refractivity contribution in [2.75, 3.05) is 18.4 Å². The second kappa shape index (κ2) is 6.97. The minimum absolute atomic E-state index is 0.123. The lowest BCUT2D eigenvalue weighted by Gasteiger charge is -2.40. The minimum atomic E-state index is -0.443. The van der Waals surface area contributed by atoms with E-state index in [1.165, 1.54) is 61.6 Å². The van der Waals surface area contributed by atoms with Crippen molar-refractivity contribution in [1.82, 2.24) is 0 Å². The van der Waals surface area contributed by atoms with Gasteiger partial charge in [0.1, 0.15) is 5.82 Å². The Kier molecular flexibility index (Phi) is 4.99. The average molecular weight is 326 g/mol. The van der Waals surface area contributed by atoms with Crippen molar-refractivity contribution in [3.8, 4) is 0 Å². The summed E-state index contributed by atoms with van der Waals surface area (Å²) < 4.78 is 13.7. The van der Waals surface area contributed by atoms with Gasteiger partial charge in [0.15, 0.2) is 6.54 Å². The molecule has 3 nitrogen and oxygen atoms in total. The Morgan fingerprint density at radius 2 is 2.05 bits per heavy atom. The number of halogens is 2. The van der Waals surface area contributed by atoms with Crippen molar-refractivity contribution in [3.63, 3.8) is 0 Å². The Bertz CT molecular complexity index is 549. The Morgan fingerprint density at radius 3 is 2.91 bits per heavy atom. The molecule has 1 aromatic carbocycles. The SMILES string of the molecule is O=C(C[NH+]1CCC[C@@H]2CCCC[C@@H]21)Nc1cc(Cl)ccc1F. The van der Waals surface area contributed by atoms with Gasteiger partial charge in [-0.3, -0.25) is 4.79 Å². The molecular formula is C17H23ClFN2O+. The number of piperidine rings is 1. The number of amides is 1. The van der Waals surface area contributed by atoms with Crippen LogP contribution in [0.4, 0.5) is 10.1 Å². The predicted octanol–water partition coefficient (Wildman–Crippen LogP) is 2.66. The summed E-state index contributed by atoms with van der Waals surface area (Å²) in [6.07, 6.45) is 7.62. The number of quaternary nitrogens is 1. The van der Waals surface area contributed by atoms with E-state index in [1.54, 1.807) is 0 Å². The maximum atomic E-state index is 13.7. The monoisotopic (exact) mass is 325 g/mol. The van der Waals surface area contributed by atoms with Gasteiger partial charge in [0.25, 0.3) is 5.91 Å². The Labute approximate surface area is 135 Å². The highest BCUT2D eigenvalue weighted by Gasteiger charge is 2.37. The fourth-order valence-electron chi connectivity index (χ4n) is 4.08. The van der Waals surface area contributed by atoms with Crippen molar-refractivity contribution in [3.05, 3.63) is 29.0 Å². The normalized spacial score (nSPS) is 28.0. The molecule has 22 heavy (non-hydrogen) atoms. The van der Waals surface area contributed by atoms with Crippen LogP contribution < -0.4 is 10.2 Å². The predicted molar refractivity (Wildman–Crippen MR) is 85.7 cm³/mol. The summed E-state index contributed by atoms with van der Waals surface area (Å²) in [6.45, 7) is 1.47. The van der Waals surface area contributed by atoms with Crippen LogP contribution in [0.5, 0.6) is 0 Å². The van der Waals surface area contributed by atoms with Gasteiger partial charge in [0.2, 0.25) is 0 Å². The number of rotatable bonds is 3. The van der Waals surface area contributed by atoms with Crippen LogP contribution in [0.25, 0.3) is 0 Å². The number of fused-ring (bicyclic) bond motifs is 1. The van der Waals surface area contributed by atoms with Crippen molar-refractivity contribution in [1.29, 1.82) is 0 Å². The molecule has 1 saturated heterocycles. The summed E-state index contributed by atoms with van der Waals surface area (Å²) >= 11 is 5.86. The van der Waals surface area contributed by atoms with Crippen LogP contribution in [0.15, 0.2) is 18.2 Å². The number of hydrogen-bond donors (Lipinski definition) is 2. The van der Waals surface area contributed by atoms with Crippen LogP contribution in [0.2, 0.25) is 5.02 Å². The third kappa shape index (κ3) is 3.61. The molecule has 120 valence electrons. The van der Waals surface area contributed by atoms with Gasteiger partial charge in [-0.25, -0.2) is 4.39 Å². The van der Waals surface area contributed by atoms with E-state index >= 15 is 0 Å². The van der Waals surface area contributed by atoms with Gasteiger partial charge < -0.3 is 10.2 Å². The molecule has 1 aromatic rings. The topological polar surface area (TPSA) is 33.5 Å². The molecule has 0 aromatic heterocycles. The van der Waals surface area contributed by atoms with Crippen LogP contribution in [0.1, 0.15) is 38.5 Å². The van der Waals surface area contributed by atoms with Gasteiger partial charge in [-0.05, 0) is 50.3 Å². The number of hydrogen-bond acceptors (Lipinski definition) is 1. The lowest BCUT2D eigenvalue weighted by molar-refractivity contribution is -0.928. The average Bonchev–Trinajstić information content (AvgIpc) is 2.51. The summed E-state index contributed by atoms with van der Waals surface area (Å²) in [4.78, 5) is 13.6. The summed E-state index contributed by atoms with van der Waals surface area (Å²) in [5.41, 5.74) is 0.175. The molecule has 5 heteroatoms. The Balaban J connectivity index is 1.62. The van der Waals surface area contributed by atoms with E-state index in [2.05, 4.69) is 5.32 Å². The first kappa shape index (κ1) is 15.8. The van der Waals surface area contributed by atoms with Crippen LogP contribution in [-0.4, -0.2) is 25.0 Å². The number of benzene rings is 1. The highest BCUT2D eigenvalue weighted by atomic mass is 35.5. The molecule has 1 aliphatic heterocycles. The zero-order valence-electron chi connectivity index (χ0n) is 12.7. The molecule has 3 rings (SSSR count). The second-order valence-corrected chi connectivity index (χ2v) is 6.99. The third-order valence-electron chi connectivity index (χ3n) is 5.10. The lowest BCUT2D eigenvalue weighted by atomic mass is 9.78. The van der Waals surface area contributed by atoms with Crippen LogP contribution in [0.3, 0.4) is 0 Å². The van der Waals surface area contributed by atoms with Gasteiger partial charge in [-0.2, -0.15) is 0 Å². The van der Waals surface area contributed by atoms with E-state index in [9.17, 15) is 9.18 Å². The smallest absolute Gasteiger partial charge is 0.279 e. The first-order valence-electron chi connectivity index (χ1n) is 8.23. The molecule has 2 aliphatic rings. The zero-order valence-corrected chi connectivity index (χ0v) is 13.5. The molecule has 0 bridgehead atoms. The number of carbonyl (C=O) groups is 1. The maximum absolute atomic E-state index is 13.7. The molecule has 1 amide bonds. The van der Waals surface area contributed by atoms with Crippen LogP contribution in [0, 0.1) is 11.7 Å². The van der Waals surface area contributed by atoms with E-state index in [4.69, 9.17) is 11.6 Å². The molecule has 2 N–H and O–H groups in total. The van der Waals surface area contributed by atoms with E-state index < -0.39 is 5.82 Å². The van der Waals surface area contributed by atoms with Crippen LogP contribution >= 0.6 is 11.6 Å². The molecular weight excluding hydrogens is 303 g/mol. The van der Waals surface area contributed by atoms with Crippen molar-refractivity contribution >= 4 is 23.2 Å². The largest absolute Gasteiger partial charge is 0.324 e. The summed E-state index contributed by atoms with van der Waals surface area (Å²) in [5, 5.41) is 3.10. The van der Waals surface area contributed by atoms with Gasteiger partial charge >= 0.3 is 0 Å². The van der Waals surface area contributed by atoms with Crippen LogP contribution in [-0.2, 0) is 4.79 Å². The van der Waals surface area contributed by atoms with E-state index in [1.807, 2.05) is 0 Å². The van der Waals surface area contributed by atoms with Gasteiger partial charge in [-0.1, -0.05) is 18.0 Å². The number of nitrogens with one attached hydrogen (secondary N) is 2. The van der Waals surface area contributed by atoms with Crippen molar-refractivity contribution < 1.29 is 14.1 Å². The van der Waals surface area contributed by atoms with Gasteiger partial charge in [0.05, 0.1) is 18.3 Å². The molecule has 0 radical (unpaired) electrons. The highest BCUT2D eigenvalue weighted by molar-refractivity contribution is 6.30. The number of anilines is 1. The van der Waals surface area contributed by atoms with E-state index in [0.717, 1.165) is 12.5 Å². The van der Waals surface area contributed by atoms with E-state index in [0.29, 0.717) is 17.6 Å². The second-order valence-electron chi connectivity index (χ2n) is 6.55. The summed E-state index contributed by atoms with van der Waals surface area (Å²) in [5.74, 6) is 0.206. The first-order chi connectivity index (χ1) is 10.6. The maximum Gasteiger partial charge on any atom is 0.279 e. The van der Waals surface area contributed by atoms with Crippen molar-refractivity contribution in [2.24, 2.45) is 5.92 Å². The third-order valence-corrected chi connectivity index (χ3v) is 5.33. The number of likely N-dealkylation sites (tertiary alicyclic amines) is 1.